The van der Waals surface area contributed by atoms with Crippen molar-refractivity contribution in [2.24, 2.45) is 0 Å². The molecule has 1 aliphatic heterocycles. The van der Waals surface area contributed by atoms with Crippen LogP contribution in [0.2, 0.25) is 5.02 Å². The first-order valence-corrected chi connectivity index (χ1v) is 10.3. The van der Waals surface area contributed by atoms with Gasteiger partial charge < -0.3 is 10.1 Å². The minimum Gasteiger partial charge on any atom is -0.379 e. The van der Waals surface area contributed by atoms with Crippen LogP contribution in [0.4, 0.5) is 0 Å². The Kier molecular flexibility index (Phi) is 7.08. The topological polar surface area (TPSA) is 41.6 Å². The molecule has 1 aromatic carbocycles. The summed E-state index contributed by atoms with van der Waals surface area (Å²) in [6, 6.07) is 10.7. The van der Waals surface area contributed by atoms with Crippen molar-refractivity contribution in [1.82, 2.24) is 10.2 Å². The number of hydrogen-bond donors (Lipinski definition) is 1. The molecule has 26 heavy (non-hydrogen) atoms. The molecular weight excluding hydrogens is 368 g/mol. The van der Waals surface area contributed by atoms with Gasteiger partial charge in [-0.25, -0.2) is 0 Å². The second kappa shape index (κ2) is 9.51. The van der Waals surface area contributed by atoms with Crippen LogP contribution >= 0.6 is 22.9 Å². The highest BCUT2D eigenvalue weighted by atomic mass is 35.5. The standard InChI is InChI=1S/C20H25ClN2O2S/c1-15-3-2-4-16(11-15)19(23-7-9-25-10-8-23)13-22-20(24)6-5-18-12-17(21)14-26-18/h2-4,11-12,14,19H,5-10,13H2,1H3,(H,22,24). The van der Waals surface area contributed by atoms with E-state index in [0.29, 0.717) is 13.0 Å². The molecule has 0 bridgehead atoms. The second-order valence-electron chi connectivity index (χ2n) is 6.61. The molecule has 1 atom stereocenters. The fourth-order valence-corrected chi connectivity index (χ4v) is 4.32. The highest BCUT2D eigenvalue weighted by Crippen LogP contribution is 2.23. The van der Waals surface area contributed by atoms with Gasteiger partial charge >= 0.3 is 0 Å². The van der Waals surface area contributed by atoms with Gasteiger partial charge in [0, 0.05) is 36.3 Å². The maximum atomic E-state index is 12.3. The number of amides is 1. The van der Waals surface area contributed by atoms with Crippen LogP contribution in [0.3, 0.4) is 0 Å². The first-order valence-electron chi connectivity index (χ1n) is 9.00. The van der Waals surface area contributed by atoms with Crippen LogP contribution in [-0.4, -0.2) is 43.7 Å². The van der Waals surface area contributed by atoms with Gasteiger partial charge in [-0.2, -0.15) is 0 Å². The Hall–Kier alpha value is -1.40. The molecule has 140 valence electrons. The first-order chi connectivity index (χ1) is 12.6. The van der Waals surface area contributed by atoms with Gasteiger partial charge in [-0.1, -0.05) is 41.4 Å². The van der Waals surface area contributed by atoms with Gasteiger partial charge in [0.25, 0.3) is 0 Å². The van der Waals surface area contributed by atoms with Crippen LogP contribution in [0.5, 0.6) is 0 Å². The van der Waals surface area contributed by atoms with E-state index in [9.17, 15) is 4.79 Å². The first kappa shape index (κ1) is 19.4. The number of nitrogens with one attached hydrogen (secondary N) is 1. The van der Waals surface area contributed by atoms with E-state index in [4.69, 9.17) is 16.3 Å². The third-order valence-electron chi connectivity index (χ3n) is 4.63. The van der Waals surface area contributed by atoms with Crippen molar-refractivity contribution in [3.63, 3.8) is 0 Å². The third-order valence-corrected chi connectivity index (χ3v) is 5.97. The van der Waals surface area contributed by atoms with Gasteiger partial charge in [0.1, 0.15) is 0 Å². The summed E-state index contributed by atoms with van der Waals surface area (Å²) in [4.78, 5) is 15.9. The zero-order chi connectivity index (χ0) is 18.4. The highest BCUT2D eigenvalue weighted by molar-refractivity contribution is 7.10. The molecule has 1 N–H and O–H groups in total. The number of nitrogens with zero attached hydrogens (tertiary/aromatic N) is 1. The summed E-state index contributed by atoms with van der Waals surface area (Å²) in [6.07, 6.45) is 1.22. The molecular formula is C20H25ClN2O2S. The summed E-state index contributed by atoms with van der Waals surface area (Å²) in [7, 11) is 0. The van der Waals surface area contributed by atoms with E-state index >= 15 is 0 Å². The van der Waals surface area contributed by atoms with Gasteiger partial charge in [-0.3, -0.25) is 9.69 Å². The molecule has 3 rings (SSSR count). The molecule has 1 aliphatic rings. The number of carbonyl (C=O) groups excluding carboxylic acids is 1. The minimum atomic E-state index is 0.0837. The van der Waals surface area contributed by atoms with Crippen molar-refractivity contribution in [2.75, 3.05) is 32.8 Å². The van der Waals surface area contributed by atoms with Crippen LogP contribution in [0.25, 0.3) is 0 Å². The van der Waals surface area contributed by atoms with E-state index in [1.165, 1.54) is 11.1 Å². The van der Waals surface area contributed by atoms with E-state index in [1.54, 1.807) is 11.3 Å². The Bertz CT molecular complexity index is 728. The van der Waals surface area contributed by atoms with Gasteiger partial charge in [-0.05, 0) is 25.0 Å². The molecule has 0 spiro atoms. The number of thiophene rings is 1. The maximum Gasteiger partial charge on any atom is 0.220 e. The zero-order valence-electron chi connectivity index (χ0n) is 15.0. The lowest BCUT2D eigenvalue weighted by Gasteiger charge is -2.35. The second-order valence-corrected chi connectivity index (χ2v) is 8.05. The lowest BCUT2D eigenvalue weighted by molar-refractivity contribution is -0.121. The molecule has 0 radical (unpaired) electrons. The molecule has 6 heteroatoms. The third kappa shape index (κ3) is 5.55. The normalized spacial score (nSPS) is 16.4. The predicted molar refractivity (Wildman–Crippen MR) is 107 cm³/mol. The quantitative estimate of drug-likeness (QED) is 0.778. The number of rotatable bonds is 7. The maximum absolute atomic E-state index is 12.3. The summed E-state index contributed by atoms with van der Waals surface area (Å²) in [6.45, 7) is 5.99. The van der Waals surface area contributed by atoms with Crippen LogP contribution in [0.15, 0.2) is 35.7 Å². The van der Waals surface area contributed by atoms with E-state index in [0.717, 1.165) is 42.6 Å². The van der Waals surface area contributed by atoms with Gasteiger partial charge in [0.05, 0.1) is 24.3 Å². The lowest BCUT2D eigenvalue weighted by Crippen LogP contribution is -2.43. The number of benzene rings is 1. The molecule has 0 saturated carbocycles. The van der Waals surface area contributed by atoms with Gasteiger partial charge in [-0.15, -0.1) is 11.3 Å². The van der Waals surface area contributed by atoms with Gasteiger partial charge in [0.2, 0.25) is 5.91 Å². The molecule has 1 saturated heterocycles. The van der Waals surface area contributed by atoms with Crippen LogP contribution < -0.4 is 5.32 Å². The monoisotopic (exact) mass is 392 g/mol. The molecule has 1 aromatic heterocycles. The number of ether oxygens (including phenoxy) is 1. The Morgan fingerprint density at radius 2 is 2.15 bits per heavy atom. The van der Waals surface area contributed by atoms with E-state index in [-0.39, 0.29) is 11.9 Å². The predicted octanol–water partition coefficient (Wildman–Crippen LogP) is 3.83. The largest absolute Gasteiger partial charge is 0.379 e. The molecule has 1 unspecified atom stereocenters. The summed E-state index contributed by atoms with van der Waals surface area (Å²) in [5, 5.41) is 5.78. The molecule has 1 amide bonds. The summed E-state index contributed by atoms with van der Waals surface area (Å²) in [5.41, 5.74) is 2.49. The van der Waals surface area contributed by atoms with Crippen molar-refractivity contribution >= 4 is 28.8 Å². The van der Waals surface area contributed by atoms with E-state index in [1.807, 2.05) is 11.4 Å². The zero-order valence-corrected chi connectivity index (χ0v) is 16.6. The van der Waals surface area contributed by atoms with E-state index in [2.05, 4.69) is 41.4 Å². The molecule has 1 fully saturated rings. The number of morpholine rings is 1. The molecule has 4 nitrogen and oxygen atoms in total. The van der Waals surface area contributed by atoms with E-state index < -0.39 is 0 Å². The molecule has 2 heterocycles. The fraction of sp³-hybridized carbons (Fsp3) is 0.450. The average molecular weight is 393 g/mol. The Balaban J connectivity index is 1.59. The van der Waals surface area contributed by atoms with Crippen LogP contribution in [0.1, 0.15) is 28.5 Å². The molecule has 2 aromatic rings. The fourth-order valence-electron chi connectivity index (χ4n) is 3.24. The average Bonchev–Trinajstić information content (AvgIpc) is 3.06. The number of hydrogen-bond acceptors (Lipinski definition) is 4. The summed E-state index contributed by atoms with van der Waals surface area (Å²) in [5.74, 6) is 0.0837. The number of carbonyl (C=O) groups is 1. The highest BCUT2D eigenvalue weighted by Gasteiger charge is 2.23. The number of aryl methyl sites for hydroxylation is 2. The Morgan fingerprint density at radius 3 is 2.85 bits per heavy atom. The lowest BCUT2D eigenvalue weighted by atomic mass is 10.0. The SMILES string of the molecule is Cc1cccc(C(CNC(=O)CCc2cc(Cl)cs2)N2CCOCC2)c1. The van der Waals surface area contributed by atoms with Crippen molar-refractivity contribution < 1.29 is 9.53 Å². The smallest absolute Gasteiger partial charge is 0.220 e. The summed E-state index contributed by atoms with van der Waals surface area (Å²) < 4.78 is 5.49. The minimum absolute atomic E-state index is 0.0837. The molecule has 0 aliphatic carbocycles. The summed E-state index contributed by atoms with van der Waals surface area (Å²) >= 11 is 7.54. The van der Waals surface area contributed by atoms with Crippen molar-refractivity contribution in [1.29, 1.82) is 0 Å². The number of halogens is 1. The van der Waals surface area contributed by atoms with Crippen molar-refractivity contribution in [3.05, 3.63) is 56.7 Å². The Labute approximate surface area is 164 Å². The van der Waals surface area contributed by atoms with Crippen molar-refractivity contribution in [2.45, 2.75) is 25.8 Å². The Morgan fingerprint density at radius 1 is 1.35 bits per heavy atom. The van der Waals surface area contributed by atoms with Crippen LogP contribution in [-0.2, 0) is 16.0 Å². The van der Waals surface area contributed by atoms with Crippen molar-refractivity contribution in [3.8, 4) is 0 Å². The van der Waals surface area contributed by atoms with Crippen LogP contribution in [0, 0.1) is 6.92 Å². The van der Waals surface area contributed by atoms with Gasteiger partial charge in [0.15, 0.2) is 0 Å².